The summed E-state index contributed by atoms with van der Waals surface area (Å²) >= 11 is 0. The van der Waals surface area contributed by atoms with Gasteiger partial charge in [0.1, 0.15) is 17.4 Å². The number of carbonyl (C=O) groups excluding carboxylic acids is 1. The summed E-state index contributed by atoms with van der Waals surface area (Å²) in [5.41, 5.74) is 0.0984. The molecule has 0 bridgehead atoms. The Balaban J connectivity index is 2.03. The SMILES string of the molecule is CC(=O)/C(C(=N)N1CCN(c2ccccn2)CC1)=C(/C)O. The molecule has 0 amide bonds. The van der Waals surface area contributed by atoms with Crippen LogP contribution in [0, 0.1) is 5.41 Å². The van der Waals surface area contributed by atoms with Crippen molar-refractivity contribution in [2.45, 2.75) is 13.8 Å². The van der Waals surface area contributed by atoms with E-state index < -0.39 is 0 Å². The number of hydrogen-bond donors (Lipinski definition) is 2. The highest BCUT2D eigenvalue weighted by Crippen LogP contribution is 2.15. The van der Waals surface area contributed by atoms with Crippen LogP contribution >= 0.6 is 0 Å². The summed E-state index contributed by atoms with van der Waals surface area (Å²) in [5, 5.41) is 17.7. The van der Waals surface area contributed by atoms with E-state index in [4.69, 9.17) is 5.41 Å². The fourth-order valence-electron chi connectivity index (χ4n) is 2.45. The number of piperazine rings is 1. The predicted molar refractivity (Wildman–Crippen MR) is 81.8 cm³/mol. The Hall–Kier alpha value is -2.37. The lowest BCUT2D eigenvalue weighted by Gasteiger charge is -2.37. The Bertz CT molecular complexity index is 556. The van der Waals surface area contributed by atoms with Gasteiger partial charge in [-0.1, -0.05) is 6.07 Å². The molecule has 1 aliphatic heterocycles. The molecule has 2 rings (SSSR count). The third-order valence-corrected chi connectivity index (χ3v) is 3.52. The number of aromatic nitrogens is 1. The number of rotatable bonds is 3. The number of nitrogens with zero attached hydrogens (tertiary/aromatic N) is 3. The molecular formula is C15H20N4O2. The highest BCUT2D eigenvalue weighted by Gasteiger charge is 2.24. The standard InChI is InChI=1S/C15H20N4O2/c1-11(20)14(12(2)21)15(16)19-9-7-18(8-10-19)13-5-3-4-6-17-13/h3-6,16,20H,7-10H2,1-2H3/b14-11+,16-15?. The lowest BCUT2D eigenvalue weighted by atomic mass is 10.1. The fraction of sp³-hybridized carbons (Fsp3) is 0.400. The number of amidine groups is 1. The van der Waals surface area contributed by atoms with Gasteiger partial charge in [-0.15, -0.1) is 0 Å². The van der Waals surface area contributed by atoms with Gasteiger partial charge in [0.25, 0.3) is 0 Å². The molecule has 1 aromatic heterocycles. The van der Waals surface area contributed by atoms with Crippen LogP contribution in [0.4, 0.5) is 5.82 Å². The lowest BCUT2D eigenvalue weighted by Crippen LogP contribution is -2.49. The van der Waals surface area contributed by atoms with E-state index in [0.29, 0.717) is 13.1 Å². The van der Waals surface area contributed by atoms with E-state index in [-0.39, 0.29) is 23.0 Å². The monoisotopic (exact) mass is 288 g/mol. The zero-order valence-electron chi connectivity index (χ0n) is 12.3. The van der Waals surface area contributed by atoms with Crippen molar-refractivity contribution < 1.29 is 9.90 Å². The van der Waals surface area contributed by atoms with E-state index in [1.807, 2.05) is 23.1 Å². The molecule has 112 valence electrons. The van der Waals surface area contributed by atoms with Crippen molar-refractivity contribution in [3.05, 3.63) is 35.7 Å². The zero-order chi connectivity index (χ0) is 15.4. The number of aliphatic hydroxyl groups is 1. The summed E-state index contributed by atoms with van der Waals surface area (Å²) in [7, 11) is 0. The van der Waals surface area contributed by atoms with Gasteiger partial charge in [-0.05, 0) is 26.0 Å². The van der Waals surface area contributed by atoms with Gasteiger partial charge in [0.2, 0.25) is 0 Å². The first-order valence-electron chi connectivity index (χ1n) is 6.91. The molecule has 0 saturated carbocycles. The van der Waals surface area contributed by atoms with Crippen LogP contribution in [-0.2, 0) is 4.79 Å². The van der Waals surface area contributed by atoms with Gasteiger partial charge >= 0.3 is 0 Å². The summed E-state index contributed by atoms with van der Waals surface area (Å²) in [6.07, 6.45) is 1.76. The van der Waals surface area contributed by atoms with Crippen LogP contribution in [0.25, 0.3) is 0 Å². The number of Topliss-reactive ketones (excluding diaryl/α,β-unsaturated/α-hetero) is 1. The van der Waals surface area contributed by atoms with E-state index >= 15 is 0 Å². The molecule has 21 heavy (non-hydrogen) atoms. The maximum atomic E-state index is 11.5. The van der Waals surface area contributed by atoms with Crippen LogP contribution in [0.15, 0.2) is 35.7 Å². The van der Waals surface area contributed by atoms with E-state index in [9.17, 15) is 9.90 Å². The normalized spacial score (nSPS) is 16.5. The van der Waals surface area contributed by atoms with Crippen molar-refractivity contribution in [1.29, 1.82) is 5.41 Å². The summed E-state index contributed by atoms with van der Waals surface area (Å²) < 4.78 is 0. The smallest absolute Gasteiger partial charge is 0.166 e. The van der Waals surface area contributed by atoms with Gasteiger partial charge in [-0.25, -0.2) is 4.98 Å². The molecule has 0 aliphatic carbocycles. The average molecular weight is 288 g/mol. The van der Waals surface area contributed by atoms with Crippen molar-refractivity contribution in [3.8, 4) is 0 Å². The molecule has 1 aromatic rings. The molecule has 0 unspecified atom stereocenters. The molecule has 1 saturated heterocycles. The van der Waals surface area contributed by atoms with Gasteiger partial charge in [-0.2, -0.15) is 0 Å². The second-order valence-electron chi connectivity index (χ2n) is 5.03. The maximum absolute atomic E-state index is 11.5. The zero-order valence-corrected chi connectivity index (χ0v) is 12.3. The number of nitrogens with one attached hydrogen (secondary N) is 1. The van der Waals surface area contributed by atoms with E-state index in [0.717, 1.165) is 18.9 Å². The van der Waals surface area contributed by atoms with Crippen LogP contribution in [0.5, 0.6) is 0 Å². The second kappa shape index (κ2) is 6.39. The van der Waals surface area contributed by atoms with Crippen LogP contribution in [-0.4, -0.2) is 52.8 Å². The van der Waals surface area contributed by atoms with Crippen molar-refractivity contribution in [3.63, 3.8) is 0 Å². The molecule has 0 spiro atoms. The number of pyridine rings is 1. The molecule has 0 aromatic carbocycles. The summed E-state index contributed by atoms with van der Waals surface area (Å²) in [5.74, 6) is 0.638. The number of anilines is 1. The number of hydrogen-bond acceptors (Lipinski definition) is 5. The van der Waals surface area contributed by atoms with E-state index in [2.05, 4.69) is 9.88 Å². The molecule has 0 radical (unpaired) electrons. The van der Waals surface area contributed by atoms with Crippen molar-refractivity contribution in [1.82, 2.24) is 9.88 Å². The summed E-state index contributed by atoms with van der Waals surface area (Å²) in [6.45, 7) is 5.52. The Morgan fingerprint density at radius 1 is 1.24 bits per heavy atom. The third kappa shape index (κ3) is 3.39. The van der Waals surface area contributed by atoms with E-state index in [1.165, 1.54) is 13.8 Å². The minimum atomic E-state index is -0.285. The second-order valence-corrected chi connectivity index (χ2v) is 5.03. The first-order valence-corrected chi connectivity index (χ1v) is 6.91. The Morgan fingerprint density at radius 2 is 1.90 bits per heavy atom. The van der Waals surface area contributed by atoms with Crippen molar-refractivity contribution >= 4 is 17.4 Å². The molecule has 1 aliphatic rings. The summed E-state index contributed by atoms with van der Waals surface area (Å²) in [6, 6.07) is 5.78. The van der Waals surface area contributed by atoms with Crippen LogP contribution < -0.4 is 4.90 Å². The Kier molecular flexibility index (Phi) is 4.57. The Morgan fingerprint density at radius 3 is 2.38 bits per heavy atom. The van der Waals surface area contributed by atoms with Crippen molar-refractivity contribution in [2.75, 3.05) is 31.1 Å². The number of aliphatic hydroxyl groups excluding tert-OH is 1. The lowest BCUT2D eigenvalue weighted by molar-refractivity contribution is -0.113. The minimum absolute atomic E-state index is 0.0975. The first-order chi connectivity index (χ1) is 10.0. The maximum Gasteiger partial charge on any atom is 0.166 e. The van der Waals surface area contributed by atoms with Crippen LogP contribution in [0.1, 0.15) is 13.8 Å². The highest BCUT2D eigenvalue weighted by atomic mass is 16.3. The quantitative estimate of drug-likeness (QED) is 0.382. The van der Waals surface area contributed by atoms with Crippen LogP contribution in [0.2, 0.25) is 0 Å². The van der Waals surface area contributed by atoms with Gasteiger partial charge in [0.05, 0.1) is 5.57 Å². The number of carbonyl (C=O) groups is 1. The highest BCUT2D eigenvalue weighted by molar-refractivity contribution is 6.19. The molecule has 0 atom stereocenters. The predicted octanol–water partition coefficient (Wildman–Crippen LogP) is 1.60. The topological polar surface area (TPSA) is 80.5 Å². The third-order valence-electron chi connectivity index (χ3n) is 3.52. The number of ketones is 1. The first kappa shape index (κ1) is 15.0. The molecule has 6 nitrogen and oxygen atoms in total. The Labute approximate surface area is 124 Å². The fourth-order valence-corrected chi connectivity index (χ4v) is 2.45. The molecule has 2 N–H and O–H groups in total. The largest absolute Gasteiger partial charge is 0.512 e. The minimum Gasteiger partial charge on any atom is -0.512 e. The van der Waals surface area contributed by atoms with Gasteiger partial charge in [0.15, 0.2) is 5.78 Å². The van der Waals surface area contributed by atoms with Gasteiger partial charge < -0.3 is 14.9 Å². The summed E-state index contributed by atoms with van der Waals surface area (Å²) in [4.78, 5) is 19.8. The van der Waals surface area contributed by atoms with Gasteiger partial charge in [0, 0.05) is 32.4 Å². The molecule has 1 fully saturated rings. The molecule has 2 heterocycles. The number of allylic oxidation sites excluding steroid dienone is 1. The van der Waals surface area contributed by atoms with Crippen molar-refractivity contribution in [2.24, 2.45) is 0 Å². The van der Waals surface area contributed by atoms with E-state index in [1.54, 1.807) is 6.20 Å². The average Bonchev–Trinajstić information content (AvgIpc) is 2.47. The van der Waals surface area contributed by atoms with Crippen LogP contribution in [0.3, 0.4) is 0 Å². The van der Waals surface area contributed by atoms with Gasteiger partial charge in [-0.3, -0.25) is 10.2 Å². The molecule has 6 heteroatoms. The molecular weight excluding hydrogens is 268 g/mol.